The van der Waals surface area contributed by atoms with Crippen LogP contribution in [-0.4, -0.2) is 41.2 Å². The minimum atomic E-state index is 0.0831. The van der Waals surface area contributed by atoms with E-state index in [1.807, 2.05) is 18.2 Å². The van der Waals surface area contributed by atoms with Gasteiger partial charge in [-0.1, -0.05) is 36.8 Å². The van der Waals surface area contributed by atoms with Crippen LogP contribution in [0.1, 0.15) is 30.9 Å². The second-order valence-corrected chi connectivity index (χ2v) is 7.35. The van der Waals surface area contributed by atoms with Crippen LogP contribution >= 0.6 is 11.8 Å². The SMILES string of the molecule is O=C(CSc1ccncc1)NCC(c1ccccc1)N1CCCCC1. The Morgan fingerprint density at radius 3 is 2.52 bits per heavy atom. The molecule has 0 spiro atoms. The lowest BCUT2D eigenvalue weighted by Gasteiger charge is -2.35. The number of rotatable bonds is 7. The molecule has 0 aliphatic carbocycles. The summed E-state index contributed by atoms with van der Waals surface area (Å²) in [4.78, 5) is 19.8. The van der Waals surface area contributed by atoms with Crippen molar-refractivity contribution in [3.63, 3.8) is 0 Å². The smallest absolute Gasteiger partial charge is 0.230 e. The number of piperidine rings is 1. The summed E-state index contributed by atoms with van der Waals surface area (Å²) in [6, 6.07) is 14.6. The molecule has 2 aromatic rings. The monoisotopic (exact) mass is 355 g/mol. The Kier molecular flexibility index (Phi) is 6.89. The van der Waals surface area contributed by atoms with Gasteiger partial charge < -0.3 is 5.32 Å². The van der Waals surface area contributed by atoms with Gasteiger partial charge in [0.15, 0.2) is 0 Å². The van der Waals surface area contributed by atoms with Gasteiger partial charge in [0.05, 0.1) is 11.8 Å². The summed E-state index contributed by atoms with van der Waals surface area (Å²) in [7, 11) is 0. The molecule has 1 unspecified atom stereocenters. The molecule has 1 aliphatic rings. The lowest BCUT2D eigenvalue weighted by Crippen LogP contribution is -2.41. The van der Waals surface area contributed by atoms with E-state index in [9.17, 15) is 4.79 Å². The number of benzene rings is 1. The lowest BCUT2D eigenvalue weighted by atomic mass is 10.0. The topological polar surface area (TPSA) is 45.2 Å². The van der Waals surface area contributed by atoms with E-state index in [1.165, 1.54) is 24.8 Å². The zero-order valence-electron chi connectivity index (χ0n) is 14.4. The van der Waals surface area contributed by atoms with E-state index >= 15 is 0 Å². The van der Waals surface area contributed by atoms with Gasteiger partial charge in [0.1, 0.15) is 0 Å². The van der Waals surface area contributed by atoms with Gasteiger partial charge in [0.25, 0.3) is 0 Å². The number of carbonyl (C=O) groups is 1. The van der Waals surface area contributed by atoms with Crippen LogP contribution < -0.4 is 5.32 Å². The molecule has 1 N–H and O–H groups in total. The average molecular weight is 356 g/mol. The standard InChI is InChI=1S/C20H25N3OS/c24-20(16-25-18-9-11-21-12-10-18)22-15-19(17-7-3-1-4-8-17)23-13-5-2-6-14-23/h1,3-4,7-12,19H,2,5-6,13-16H2,(H,22,24). The van der Waals surface area contributed by atoms with Gasteiger partial charge in [0.2, 0.25) is 5.91 Å². The molecule has 132 valence electrons. The molecule has 1 atom stereocenters. The molecule has 0 bridgehead atoms. The molecule has 1 aromatic carbocycles. The Labute approximate surface area is 154 Å². The normalized spacial score (nSPS) is 16.3. The van der Waals surface area contributed by atoms with Crippen LogP contribution in [0.3, 0.4) is 0 Å². The molecule has 2 heterocycles. The first-order valence-corrected chi connectivity index (χ1v) is 9.90. The number of likely N-dealkylation sites (tertiary alicyclic amines) is 1. The van der Waals surface area contributed by atoms with Crippen molar-refractivity contribution >= 4 is 17.7 Å². The first-order chi connectivity index (χ1) is 12.3. The summed E-state index contributed by atoms with van der Waals surface area (Å²) in [6.07, 6.45) is 7.31. The van der Waals surface area contributed by atoms with E-state index in [1.54, 1.807) is 24.2 Å². The number of thioether (sulfide) groups is 1. The summed E-state index contributed by atoms with van der Waals surface area (Å²) in [5, 5.41) is 3.13. The maximum absolute atomic E-state index is 12.3. The predicted octanol–water partition coefficient (Wildman–Crippen LogP) is 3.52. The van der Waals surface area contributed by atoms with E-state index in [0.29, 0.717) is 12.3 Å². The summed E-state index contributed by atoms with van der Waals surface area (Å²) < 4.78 is 0. The minimum absolute atomic E-state index is 0.0831. The molecule has 1 aromatic heterocycles. The van der Waals surface area contributed by atoms with Gasteiger partial charge in [-0.15, -0.1) is 11.8 Å². The number of nitrogens with one attached hydrogen (secondary N) is 1. The number of carbonyl (C=O) groups excluding carboxylic acids is 1. The van der Waals surface area contributed by atoms with Crippen molar-refractivity contribution in [2.75, 3.05) is 25.4 Å². The van der Waals surface area contributed by atoms with Gasteiger partial charge >= 0.3 is 0 Å². The molecule has 1 saturated heterocycles. The fourth-order valence-electron chi connectivity index (χ4n) is 3.21. The van der Waals surface area contributed by atoms with E-state index in [2.05, 4.69) is 39.5 Å². The van der Waals surface area contributed by atoms with Crippen LogP contribution in [0.5, 0.6) is 0 Å². The molecule has 3 rings (SSSR count). The molecule has 25 heavy (non-hydrogen) atoms. The fraction of sp³-hybridized carbons (Fsp3) is 0.400. The van der Waals surface area contributed by atoms with Gasteiger partial charge in [-0.05, 0) is 43.6 Å². The maximum atomic E-state index is 12.3. The Morgan fingerprint density at radius 1 is 1.08 bits per heavy atom. The lowest BCUT2D eigenvalue weighted by molar-refractivity contribution is -0.118. The Balaban J connectivity index is 1.55. The third-order valence-corrected chi connectivity index (χ3v) is 5.54. The zero-order chi connectivity index (χ0) is 17.3. The number of nitrogens with zero attached hydrogens (tertiary/aromatic N) is 2. The Bertz CT molecular complexity index is 645. The summed E-state index contributed by atoms with van der Waals surface area (Å²) in [5.74, 6) is 0.519. The summed E-state index contributed by atoms with van der Waals surface area (Å²) in [6.45, 7) is 2.89. The van der Waals surface area contributed by atoms with E-state index in [4.69, 9.17) is 0 Å². The van der Waals surface area contributed by atoms with Gasteiger partial charge in [-0.3, -0.25) is 14.7 Å². The largest absolute Gasteiger partial charge is 0.353 e. The van der Waals surface area contributed by atoms with Crippen LogP contribution in [-0.2, 0) is 4.79 Å². The third kappa shape index (κ3) is 5.58. The molecule has 1 aliphatic heterocycles. The molecule has 0 radical (unpaired) electrons. The van der Waals surface area contributed by atoms with Crippen molar-refractivity contribution in [2.24, 2.45) is 0 Å². The minimum Gasteiger partial charge on any atom is -0.353 e. The van der Waals surface area contributed by atoms with Gasteiger partial charge in [-0.2, -0.15) is 0 Å². The first kappa shape index (κ1) is 18.0. The quantitative estimate of drug-likeness (QED) is 0.772. The Hall–Kier alpha value is -1.85. The maximum Gasteiger partial charge on any atom is 0.230 e. The second-order valence-electron chi connectivity index (χ2n) is 6.30. The highest BCUT2D eigenvalue weighted by molar-refractivity contribution is 8.00. The number of amides is 1. The number of aromatic nitrogens is 1. The first-order valence-electron chi connectivity index (χ1n) is 8.91. The Morgan fingerprint density at radius 2 is 1.80 bits per heavy atom. The molecule has 1 fully saturated rings. The van der Waals surface area contributed by atoms with E-state index in [-0.39, 0.29) is 11.9 Å². The van der Waals surface area contributed by atoms with Crippen molar-refractivity contribution in [1.29, 1.82) is 0 Å². The number of pyridine rings is 1. The van der Waals surface area contributed by atoms with E-state index < -0.39 is 0 Å². The summed E-state index contributed by atoms with van der Waals surface area (Å²) in [5.41, 5.74) is 1.28. The molecule has 4 nitrogen and oxygen atoms in total. The summed E-state index contributed by atoms with van der Waals surface area (Å²) >= 11 is 1.55. The zero-order valence-corrected chi connectivity index (χ0v) is 15.3. The van der Waals surface area contributed by atoms with Crippen molar-refractivity contribution in [3.05, 3.63) is 60.4 Å². The van der Waals surface area contributed by atoms with E-state index in [0.717, 1.165) is 18.0 Å². The molecule has 1 amide bonds. The van der Waals surface area contributed by atoms with Gasteiger partial charge in [0, 0.05) is 23.8 Å². The van der Waals surface area contributed by atoms with Crippen LogP contribution in [0.4, 0.5) is 0 Å². The van der Waals surface area contributed by atoms with Crippen molar-refractivity contribution in [1.82, 2.24) is 15.2 Å². The van der Waals surface area contributed by atoms with Crippen molar-refractivity contribution in [2.45, 2.75) is 30.2 Å². The number of hydrogen-bond donors (Lipinski definition) is 1. The highest BCUT2D eigenvalue weighted by Crippen LogP contribution is 2.24. The average Bonchev–Trinajstić information content (AvgIpc) is 2.69. The van der Waals surface area contributed by atoms with Crippen molar-refractivity contribution in [3.8, 4) is 0 Å². The van der Waals surface area contributed by atoms with Crippen LogP contribution in [0.15, 0.2) is 59.8 Å². The number of hydrogen-bond acceptors (Lipinski definition) is 4. The second kappa shape index (κ2) is 9.59. The van der Waals surface area contributed by atoms with Crippen LogP contribution in [0, 0.1) is 0 Å². The van der Waals surface area contributed by atoms with Crippen LogP contribution in [0.25, 0.3) is 0 Å². The highest BCUT2D eigenvalue weighted by atomic mass is 32.2. The molecular formula is C20H25N3OS. The van der Waals surface area contributed by atoms with Gasteiger partial charge in [-0.25, -0.2) is 0 Å². The fourth-order valence-corrected chi connectivity index (χ4v) is 3.92. The third-order valence-electron chi connectivity index (χ3n) is 4.53. The predicted molar refractivity (Wildman–Crippen MR) is 103 cm³/mol. The van der Waals surface area contributed by atoms with Crippen LogP contribution in [0.2, 0.25) is 0 Å². The molecular weight excluding hydrogens is 330 g/mol. The van der Waals surface area contributed by atoms with Crippen molar-refractivity contribution < 1.29 is 4.79 Å². The molecule has 0 saturated carbocycles. The molecule has 5 heteroatoms. The highest BCUT2D eigenvalue weighted by Gasteiger charge is 2.22.